The van der Waals surface area contributed by atoms with E-state index in [-0.39, 0.29) is 46.3 Å². The first-order valence-corrected chi connectivity index (χ1v) is 12.4. The Morgan fingerprint density at radius 3 is 1.95 bits per heavy atom. The number of benzene rings is 3. The second kappa shape index (κ2) is 10.4. The van der Waals surface area contributed by atoms with E-state index >= 15 is 0 Å². The molecule has 1 aliphatic carbocycles. The van der Waals surface area contributed by atoms with Crippen LogP contribution in [0.5, 0.6) is 5.75 Å². The van der Waals surface area contributed by atoms with Crippen molar-refractivity contribution in [2.45, 2.75) is 50.5 Å². The van der Waals surface area contributed by atoms with E-state index in [0.717, 1.165) is 12.8 Å². The van der Waals surface area contributed by atoms with Crippen LogP contribution in [0.3, 0.4) is 0 Å². The maximum atomic E-state index is 14.9. The van der Waals surface area contributed by atoms with Gasteiger partial charge in [-0.25, -0.2) is 22.0 Å². The molecule has 2 fully saturated rings. The van der Waals surface area contributed by atoms with Gasteiger partial charge in [0.1, 0.15) is 6.10 Å². The zero-order chi connectivity index (χ0) is 26.3. The van der Waals surface area contributed by atoms with E-state index in [4.69, 9.17) is 9.47 Å². The van der Waals surface area contributed by atoms with Crippen molar-refractivity contribution in [2.75, 3.05) is 13.7 Å². The fourth-order valence-corrected chi connectivity index (χ4v) is 5.38. The molecule has 1 aliphatic heterocycles. The molecule has 37 heavy (non-hydrogen) atoms. The number of hydrogen-bond donors (Lipinski definition) is 0. The van der Waals surface area contributed by atoms with Crippen LogP contribution < -0.4 is 4.74 Å². The number of rotatable bonds is 7. The topological polar surface area (TPSA) is 21.8 Å². The Morgan fingerprint density at radius 1 is 0.703 bits per heavy atom. The fourth-order valence-electron chi connectivity index (χ4n) is 5.38. The Morgan fingerprint density at radius 2 is 1.30 bits per heavy atom. The van der Waals surface area contributed by atoms with E-state index in [9.17, 15) is 26.3 Å². The van der Waals surface area contributed by atoms with Gasteiger partial charge in [0.05, 0.1) is 13.7 Å². The fraction of sp³-hybridized carbons (Fsp3) is 0.379. The number of hydrogen-bond acceptors (Lipinski definition) is 2. The van der Waals surface area contributed by atoms with Crippen molar-refractivity contribution in [1.82, 2.24) is 0 Å². The molecule has 2 nitrogen and oxygen atoms in total. The van der Waals surface area contributed by atoms with E-state index in [1.807, 2.05) is 0 Å². The largest absolute Gasteiger partial charge is 0.494 e. The predicted molar refractivity (Wildman–Crippen MR) is 126 cm³/mol. The molecule has 3 aromatic carbocycles. The van der Waals surface area contributed by atoms with Crippen LogP contribution in [0.2, 0.25) is 0 Å². The summed E-state index contributed by atoms with van der Waals surface area (Å²) in [6.45, 7) is 0.298. The monoisotopic (exact) mass is 520 g/mol. The molecule has 3 aromatic rings. The molecule has 1 saturated carbocycles. The quantitative estimate of drug-likeness (QED) is 0.232. The smallest absolute Gasteiger partial charge is 0.200 e. The lowest BCUT2D eigenvalue weighted by molar-refractivity contribution is 0.302. The average molecular weight is 521 g/mol. The number of aryl methyl sites for hydroxylation is 1. The van der Waals surface area contributed by atoms with Gasteiger partial charge in [-0.1, -0.05) is 30.3 Å². The van der Waals surface area contributed by atoms with Crippen LogP contribution in [0.4, 0.5) is 26.3 Å². The lowest BCUT2D eigenvalue weighted by Gasteiger charge is -2.29. The lowest BCUT2D eigenvalue weighted by Crippen LogP contribution is -2.16. The SMILES string of the molecule is COc1ccc(C2CCC(CCc3ccc(-c4ccc(C5CO5)c(F)c4F)c(F)c3F)CC2)c(F)c1F. The minimum absolute atomic E-state index is 0.0633. The molecule has 196 valence electrons. The molecule has 0 amide bonds. The highest BCUT2D eigenvalue weighted by molar-refractivity contribution is 5.66. The summed E-state index contributed by atoms with van der Waals surface area (Å²) in [7, 11) is 1.28. The Balaban J connectivity index is 1.23. The maximum absolute atomic E-state index is 14.9. The van der Waals surface area contributed by atoms with E-state index < -0.39 is 41.0 Å². The molecule has 1 unspecified atom stereocenters. The maximum Gasteiger partial charge on any atom is 0.200 e. The summed E-state index contributed by atoms with van der Waals surface area (Å²) in [6, 6.07) is 8.24. The first-order chi connectivity index (χ1) is 17.8. The Bertz CT molecular complexity index is 1310. The standard InChI is InChI=1S/C29H26F6O2/c1-36-22-13-12-18(25(31)29(22)35)16-5-2-15(3-6-16)4-7-17-8-9-19(26(32)24(17)30)20-10-11-21(23-14-37-23)28(34)27(20)33/h8-13,15-16,23H,2-7,14H2,1H3. The van der Waals surface area contributed by atoms with Crippen LogP contribution in [0.25, 0.3) is 11.1 Å². The molecule has 0 radical (unpaired) electrons. The molecule has 5 rings (SSSR count). The van der Waals surface area contributed by atoms with Gasteiger partial charge in [0, 0.05) is 16.7 Å². The van der Waals surface area contributed by atoms with E-state index in [0.29, 0.717) is 31.4 Å². The molecule has 1 atom stereocenters. The van der Waals surface area contributed by atoms with E-state index in [1.165, 1.54) is 37.4 Å². The summed E-state index contributed by atoms with van der Waals surface area (Å²) >= 11 is 0. The van der Waals surface area contributed by atoms with Crippen LogP contribution >= 0.6 is 0 Å². The van der Waals surface area contributed by atoms with Gasteiger partial charge in [-0.2, -0.15) is 4.39 Å². The zero-order valence-corrected chi connectivity index (χ0v) is 20.2. The summed E-state index contributed by atoms with van der Waals surface area (Å²) in [5.41, 5.74) is -0.119. The third kappa shape index (κ3) is 4.96. The van der Waals surface area contributed by atoms with Gasteiger partial charge in [0.15, 0.2) is 34.8 Å². The third-order valence-electron chi connectivity index (χ3n) is 7.65. The molecule has 1 saturated heterocycles. The molecular formula is C29H26F6O2. The number of epoxide rings is 1. The predicted octanol–water partition coefficient (Wildman–Crippen LogP) is 8.17. The summed E-state index contributed by atoms with van der Waals surface area (Å²) < 4.78 is 97.1. The molecule has 0 aromatic heterocycles. The molecule has 0 spiro atoms. The van der Waals surface area contributed by atoms with Gasteiger partial charge in [0.25, 0.3) is 0 Å². The van der Waals surface area contributed by atoms with Crippen molar-refractivity contribution in [2.24, 2.45) is 5.92 Å². The van der Waals surface area contributed by atoms with Crippen LogP contribution in [0, 0.1) is 40.8 Å². The Hall–Kier alpha value is -3.00. The van der Waals surface area contributed by atoms with Crippen LogP contribution in [0.15, 0.2) is 36.4 Å². The van der Waals surface area contributed by atoms with Crippen molar-refractivity contribution in [3.05, 3.63) is 88.0 Å². The molecule has 2 aliphatic rings. The van der Waals surface area contributed by atoms with Gasteiger partial charge < -0.3 is 9.47 Å². The second-order valence-electron chi connectivity index (χ2n) is 9.79. The van der Waals surface area contributed by atoms with E-state index in [1.54, 1.807) is 6.07 Å². The van der Waals surface area contributed by atoms with Crippen molar-refractivity contribution < 1.29 is 35.8 Å². The Labute approximate surface area is 211 Å². The summed E-state index contributed by atoms with van der Waals surface area (Å²) in [4.78, 5) is 0. The summed E-state index contributed by atoms with van der Waals surface area (Å²) in [5.74, 6) is -6.52. The zero-order valence-electron chi connectivity index (χ0n) is 20.2. The van der Waals surface area contributed by atoms with Gasteiger partial charge in [-0.3, -0.25) is 0 Å². The van der Waals surface area contributed by atoms with Crippen molar-refractivity contribution in [3.63, 3.8) is 0 Å². The highest BCUT2D eigenvalue weighted by Crippen LogP contribution is 2.41. The van der Waals surface area contributed by atoms with Gasteiger partial charge in [-0.15, -0.1) is 0 Å². The van der Waals surface area contributed by atoms with Crippen LogP contribution in [-0.2, 0) is 11.2 Å². The molecular weight excluding hydrogens is 494 g/mol. The van der Waals surface area contributed by atoms with Gasteiger partial charge in [0.2, 0.25) is 5.82 Å². The summed E-state index contributed by atoms with van der Waals surface area (Å²) in [6.07, 6.45) is 3.20. The van der Waals surface area contributed by atoms with Crippen LogP contribution in [0.1, 0.15) is 60.8 Å². The van der Waals surface area contributed by atoms with Crippen LogP contribution in [-0.4, -0.2) is 13.7 Å². The first-order valence-electron chi connectivity index (χ1n) is 12.4. The normalized spacial score (nSPS) is 21.2. The van der Waals surface area contributed by atoms with Gasteiger partial charge in [-0.05, 0) is 67.6 Å². The lowest BCUT2D eigenvalue weighted by atomic mass is 9.76. The highest BCUT2D eigenvalue weighted by atomic mass is 19.2. The Kier molecular flexibility index (Phi) is 7.21. The number of ether oxygens (including phenoxy) is 2. The minimum Gasteiger partial charge on any atom is -0.494 e. The highest BCUT2D eigenvalue weighted by Gasteiger charge is 2.31. The molecule has 8 heteroatoms. The first kappa shape index (κ1) is 25.6. The van der Waals surface area contributed by atoms with Crippen molar-refractivity contribution in [1.29, 1.82) is 0 Å². The molecule has 0 bridgehead atoms. The van der Waals surface area contributed by atoms with Crippen molar-refractivity contribution in [3.8, 4) is 16.9 Å². The summed E-state index contributed by atoms with van der Waals surface area (Å²) in [5, 5.41) is 0. The second-order valence-corrected chi connectivity index (χ2v) is 9.79. The van der Waals surface area contributed by atoms with Gasteiger partial charge >= 0.3 is 0 Å². The minimum atomic E-state index is -1.23. The molecule has 1 heterocycles. The van der Waals surface area contributed by atoms with Crippen molar-refractivity contribution >= 4 is 0 Å². The van der Waals surface area contributed by atoms with E-state index in [2.05, 4.69) is 0 Å². The molecule has 0 N–H and O–H groups in total. The number of methoxy groups -OCH3 is 1. The third-order valence-corrected chi connectivity index (χ3v) is 7.65. The number of halogens is 6. The average Bonchev–Trinajstić information content (AvgIpc) is 3.74.